The Morgan fingerprint density at radius 1 is 1.08 bits per heavy atom. The highest BCUT2D eigenvalue weighted by molar-refractivity contribution is 5.76. The molecule has 2 aliphatic rings. The fraction of sp³-hybridized carbons (Fsp3) is 0.833. The van der Waals surface area contributed by atoms with Gasteiger partial charge >= 0.3 is 0 Å². The molecule has 1 aliphatic heterocycles. The molecule has 6 nitrogen and oxygen atoms in total. The van der Waals surface area contributed by atoms with Crippen molar-refractivity contribution in [1.82, 2.24) is 19.9 Å². The quantitative estimate of drug-likeness (QED) is 0.839. The molecule has 0 atom stereocenters. The lowest BCUT2D eigenvalue weighted by Crippen LogP contribution is -2.40. The van der Waals surface area contributed by atoms with Crippen LogP contribution in [0.25, 0.3) is 0 Å². The topological polar surface area (TPSA) is 71.2 Å². The molecule has 1 N–H and O–H groups in total. The number of carbonyl (C=O) groups is 1. The molecule has 0 spiro atoms. The fourth-order valence-corrected chi connectivity index (χ4v) is 4.07. The number of aliphatic hydroxyl groups is 1. The second kappa shape index (κ2) is 8.60. The summed E-state index contributed by atoms with van der Waals surface area (Å²) in [4.78, 5) is 14.6. The van der Waals surface area contributed by atoms with Gasteiger partial charge < -0.3 is 10.0 Å². The van der Waals surface area contributed by atoms with Gasteiger partial charge in [-0.05, 0) is 37.5 Å². The highest BCUT2D eigenvalue weighted by Gasteiger charge is 2.25. The molecule has 0 radical (unpaired) electrons. The number of likely N-dealkylation sites (tertiary alicyclic amines) is 1. The van der Waals surface area contributed by atoms with E-state index in [1.54, 1.807) is 0 Å². The molecule has 6 heteroatoms. The van der Waals surface area contributed by atoms with E-state index in [4.69, 9.17) is 5.11 Å². The van der Waals surface area contributed by atoms with Gasteiger partial charge in [0.05, 0.1) is 12.8 Å². The summed E-state index contributed by atoms with van der Waals surface area (Å²) in [6.45, 7) is 2.52. The number of carbonyl (C=O) groups excluding carboxylic acids is 1. The van der Waals surface area contributed by atoms with Gasteiger partial charge in [-0.1, -0.05) is 30.9 Å². The predicted molar refractivity (Wildman–Crippen MR) is 91.1 cm³/mol. The summed E-state index contributed by atoms with van der Waals surface area (Å²) in [7, 11) is 0. The van der Waals surface area contributed by atoms with Crippen molar-refractivity contribution in [2.75, 3.05) is 13.1 Å². The highest BCUT2D eigenvalue weighted by atomic mass is 16.3. The van der Waals surface area contributed by atoms with Crippen LogP contribution in [0.5, 0.6) is 0 Å². The summed E-state index contributed by atoms with van der Waals surface area (Å²) in [6.07, 6.45) is 12.4. The minimum atomic E-state index is -0.0614. The van der Waals surface area contributed by atoms with E-state index in [0.717, 1.165) is 38.9 Å². The van der Waals surface area contributed by atoms with E-state index in [1.165, 1.54) is 38.5 Å². The van der Waals surface area contributed by atoms with Crippen LogP contribution < -0.4 is 0 Å². The lowest BCUT2D eigenvalue weighted by atomic mass is 9.93. The average molecular weight is 334 g/mol. The first-order valence-corrected chi connectivity index (χ1v) is 9.52. The number of amides is 1. The normalized spacial score (nSPS) is 21.0. The molecule has 2 heterocycles. The van der Waals surface area contributed by atoms with Crippen molar-refractivity contribution in [1.29, 1.82) is 0 Å². The van der Waals surface area contributed by atoms with Crippen molar-refractivity contribution in [3.63, 3.8) is 0 Å². The molecule has 3 rings (SSSR count). The van der Waals surface area contributed by atoms with Crippen molar-refractivity contribution >= 4 is 5.91 Å². The number of hydrogen-bond acceptors (Lipinski definition) is 4. The van der Waals surface area contributed by atoms with Crippen LogP contribution in [0.1, 0.15) is 63.5 Å². The Hall–Kier alpha value is -1.43. The minimum absolute atomic E-state index is 0.0614. The van der Waals surface area contributed by atoms with Crippen LogP contribution in [0.2, 0.25) is 0 Å². The van der Waals surface area contributed by atoms with Crippen molar-refractivity contribution in [3.05, 3.63) is 11.9 Å². The van der Waals surface area contributed by atoms with E-state index >= 15 is 0 Å². The Morgan fingerprint density at radius 2 is 1.79 bits per heavy atom. The molecule has 134 valence electrons. The van der Waals surface area contributed by atoms with Crippen molar-refractivity contribution < 1.29 is 9.90 Å². The van der Waals surface area contributed by atoms with Gasteiger partial charge in [-0.2, -0.15) is 0 Å². The molecule has 1 aliphatic carbocycles. The van der Waals surface area contributed by atoms with E-state index in [0.29, 0.717) is 23.4 Å². The van der Waals surface area contributed by atoms with E-state index in [-0.39, 0.29) is 6.61 Å². The summed E-state index contributed by atoms with van der Waals surface area (Å²) in [5.41, 5.74) is 0.617. The lowest BCUT2D eigenvalue weighted by Gasteiger charge is -2.32. The molecule has 0 bridgehead atoms. The largest absolute Gasteiger partial charge is 0.390 e. The first kappa shape index (κ1) is 17.4. The molecular formula is C18H30N4O2. The first-order chi connectivity index (χ1) is 11.7. The van der Waals surface area contributed by atoms with E-state index in [1.807, 2.05) is 10.9 Å². The van der Waals surface area contributed by atoms with Crippen LogP contribution >= 0.6 is 0 Å². The number of aromatic nitrogens is 3. The molecule has 1 amide bonds. The SMILES string of the molecule is O=C(CC1CCCCCC1)N1CCC(Cn2cc(CO)nn2)CC1. The van der Waals surface area contributed by atoms with Gasteiger partial charge in [0.15, 0.2) is 0 Å². The number of hydrogen-bond donors (Lipinski definition) is 1. The van der Waals surface area contributed by atoms with Gasteiger partial charge in [-0.25, -0.2) is 0 Å². The van der Waals surface area contributed by atoms with Crippen LogP contribution in [-0.2, 0) is 17.9 Å². The Kier molecular flexibility index (Phi) is 6.24. The van der Waals surface area contributed by atoms with Gasteiger partial charge in [-0.3, -0.25) is 9.48 Å². The van der Waals surface area contributed by atoms with Crippen molar-refractivity contribution in [3.8, 4) is 0 Å². The highest BCUT2D eigenvalue weighted by Crippen LogP contribution is 2.27. The zero-order valence-electron chi connectivity index (χ0n) is 14.6. The Balaban J connectivity index is 1.41. The first-order valence-electron chi connectivity index (χ1n) is 9.52. The molecule has 2 fully saturated rings. The molecule has 1 saturated carbocycles. The number of piperidine rings is 1. The van der Waals surface area contributed by atoms with Crippen molar-refractivity contribution in [2.45, 2.75) is 70.9 Å². The third kappa shape index (κ3) is 4.79. The third-order valence-electron chi connectivity index (χ3n) is 5.60. The monoisotopic (exact) mass is 334 g/mol. The van der Waals surface area contributed by atoms with Gasteiger partial charge in [0.2, 0.25) is 5.91 Å². The smallest absolute Gasteiger partial charge is 0.222 e. The number of nitrogens with zero attached hydrogens (tertiary/aromatic N) is 4. The van der Waals surface area contributed by atoms with Gasteiger partial charge in [0.1, 0.15) is 5.69 Å². The fourth-order valence-electron chi connectivity index (χ4n) is 4.07. The van der Waals surface area contributed by atoms with Crippen molar-refractivity contribution in [2.24, 2.45) is 11.8 Å². The standard InChI is InChI=1S/C18H30N4O2/c23-14-17-13-22(20-19-17)12-16-7-9-21(10-8-16)18(24)11-15-5-3-1-2-4-6-15/h13,15-16,23H,1-12,14H2. The summed E-state index contributed by atoms with van der Waals surface area (Å²) in [6, 6.07) is 0. The van der Waals surface area contributed by atoms with Crippen LogP contribution in [0.15, 0.2) is 6.20 Å². The zero-order chi connectivity index (χ0) is 16.8. The van der Waals surface area contributed by atoms with Gasteiger partial charge in [-0.15, -0.1) is 5.10 Å². The summed E-state index contributed by atoms with van der Waals surface area (Å²) in [5.74, 6) is 1.52. The zero-order valence-corrected chi connectivity index (χ0v) is 14.6. The minimum Gasteiger partial charge on any atom is -0.390 e. The van der Waals surface area contributed by atoms with E-state index < -0.39 is 0 Å². The summed E-state index contributed by atoms with van der Waals surface area (Å²) in [5, 5.41) is 17.0. The molecule has 0 unspecified atom stereocenters. The van der Waals surface area contributed by atoms with Crippen LogP contribution in [0.3, 0.4) is 0 Å². The molecular weight excluding hydrogens is 304 g/mol. The van der Waals surface area contributed by atoms with Gasteiger partial charge in [0.25, 0.3) is 0 Å². The van der Waals surface area contributed by atoms with E-state index in [9.17, 15) is 4.79 Å². The lowest BCUT2D eigenvalue weighted by molar-refractivity contribution is -0.133. The maximum absolute atomic E-state index is 12.6. The van der Waals surface area contributed by atoms with Crippen LogP contribution in [0.4, 0.5) is 0 Å². The average Bonchev–Trinajstić information content (AvgIpc) is 2.90. The molecule has 24 heavy (non-hydrogen) atoms. The molecule has 0 aromatic carbocycles. The molecule has 1 saturated heterocycles. The molecule has 1 aromatic heterocycles. The van der Waals surface area contributed by atoms with Crippen LogP contribution in [-0.4, -0.2) is 44.0 Å². The van der Waals surface area contributed by atoms with Gasteiger partial charge in [0, 0.05) is 26.1 Å². The maximum Gasteiger partial charge on any atom is 0.222 e. The molecule has 1 aromatic rings. The van der Waals surface area contributed by atoms with Crippen LogP contribution in [0, 0.1) is 11.8 Å². The number of aliphatic hydroxyl groups excluding tert-OH is 1. The second-order valence-corrected chi connectivity index (χ2v) is 7.48. The number of rotatable bonds is 5. The third-order valence-corrected chi connectivity index (χ3v) is 5.60. The van der Waals surface area contributed by atoms with E-state index in [2.05, 4.69) is 15.2 Å². The Morgan fingerprint density at radius 3 is 2.42 bits per heavy atom. The summed E-state index contributed by atoms with van der Waals surface area (Å²) >= 11 is 0. The Labute approximate surface area is 144 Å². The second-order valence-electron chi connectivity index (χ2n) is 7.48. The summed E-state index contributed by atoms with van der Waals surface area (Å²) < 4.78 is 1.82. The predicted octanol–water partition coefficient (Wildman–Crippen LogP) is 2.37. The Bertz CT molecular complexity index is 515. The maximum atomic E-state index is 12.6.